The third-order valence-electron chi connectivity index (χ3n) is 6.96. The van der Waals surface area contributed by atoms with E-state index in [9.17, 15) is 40.3 Å². The molecule has 2 aromatic carbocycles. The monoisotopic (exact) mass is 545 g/mol. The SMILES string of the molecule is NC(=O)CN1CC[C@H](C(=O)N(Cc2cc(C(F)(F)F)cc(C(F)(F)F)c2)C2CC2)[C@H](c2ccc(F)cc2)C1. The number of carbonyl (C=O) groups is 2. The zero-order valence-electron chi connectivity index (χ0n) is 20.2. The maximum Gasteiger partial charge on any atom is 0.416 e. The van der Waals surface area contributed by atoms with E-state index in [1.54, 1.807) is 4.90 Å². The van der Waals surface area contributed by atoms with Crippen molar-refractivity contribution >= 4 is 11.8 Å². The predicted molar refractivity (Wildman–Crippen MR) is 123 cm³/mol. The summed E-state index contributed by atoms with van der Waals surface area (Å²) < 4.78 is 93.8. The lowest BCUT2D eigenvalue weighted by Crippen LogP contribution is -2.48. The van der Waals surface area contributed by atoms with Crippen molar-refractivity contribution in [2.45, 2.75) is 50.1 Å². The van der Waals surface area contributed by atoms with E-state index < -0.39 is 59.5 Å². The third-order valence-corrected chi connectivity index (χ3v) is 6.96. The Balaban J connectivity index is 1.65. The van der Waals surface area contributed by atoms with Gasteiger partial charge in [-0.15, -0.1) is 0 Å². The molecule has 2 aliphatic rings. The number of rotatable bonds is 7. The molecule has 2 amide bonds. The summed E-state index contributed by atoms with van der Waals surface area (Å²) in [5, 5.41) is 0. The summed E-state index contributed by atoms with van der Waals surface area (Å²) in [6.45, 7) is 0.145. The normalized spacial score (nSPS) is 20.8. The molecule has 0 aromatic heterocycles. The highest BCUT2D eigenvalue weighted by atomic mass is 19.4. The van der Waals surface area contributed by atoms with Gasteiger partial charge in [-0.1, -0.05) is 12.1 Å². The number of hydrogen-bond donors (Lipinski definition) is 1. The minimum Gasteiger partial charge on any atom is -0.369 e. The number of amides is 2. The van der Waals surface area contributed by atoms with Crippen LogP contribution in [0.3, 0.4) is 0 Å². The van der Waals surface area contributed by atoms with Gasteiger partial charge in [0.1, 0.15) is 5.82 Å². The maximum absolute atomic E-state index is 13.8. The zero-order valence-corrected chi connectivity index (χ0v) is 20.2. The second kappa shape index (κ2) is 10.5. The molecule has 0 unspecified atom stereocenters. The molecule has 1 saturated carbocycles. The van der Waals surface area contributed by atoms with Gasteiger partial charge in [0.2, 0.25) is 11.8 Å². The Morgan fingerprint density at radius 3 is 2.00 bits per heavy atom. The average molecular weight is 545 g/mol. The molecular weight excluding hydrogens is 519 g/mol. The van der Waals surface area contributed by atoms with Crippen LogP contribution in [0.2, 0.25) is 0 Å². The van der Waals surface area contributed by atoms with Crippen molar-refractivity contribution in [2.24, 2.45) is 11.7 Å². The highest BCUT2D eigenvalue weighted by Gasteiger charge is 2.43. The van der Waals surface area contributed by atoms with Crippen LogP contribution in [-0.2, 0) is 28.5 Å². The van der Waals surface area contributed by atoms with Crippen molar-refractivity contribution in [1.82, 2.24) is 9.80 Å². The quantitative estimate of drug-likeness (QED) is 0.501. The number of piperidine rings is 1. The van der Waals surface area contributed by atoms with Crippen molar-refractivity contribution < 1.29 is 40.3 Å². The molecule has 0 radical (unpaired) electrons. The molecular formula is C26H26F7N3O2. The molecule has 2 aromatic rings. The first-order valence-electron chi connectivity index (χ1n) is 12.1. The van der Waals surface area contributed by atoms with Crippen molar-refractivity contribution in [2.75, 3.05) is 19.6 Å². The van der Waals surface area contributed by atoms with Gasteiger partial charge in [-0.25, -0.2) is 4.39 Å². The smallest absolute Gasteiger partial charge is 0.369 e. The minimum atomic E-state index is -4.99. The highest BCUT2D eigenvalue weighted by Crippen LogP contribution is 2.40. The van der Waals surface area contributed by atoms with Crippen LogP contribution in [0, 0.1) is 11.7 Å². The van der Waals surface area contributed by atoms with Crippen LogP contribution >= 0.6 is 0 Å². The first-order valence-corrected chi connectivity index (χ1v) is 12.1. The molecule has 4 rings (SSSR count). The Hall–Kier alpha value is -3.15. The van der Waals surface area contributed by atoms with Crippen molar-refractivity contribution in [1.29, 1.82) is 0 Å². The van der Waals surface area contributed by atoms with Gasteiger partial charge < -0.3 is 10.6 Å². The predicted octanol–water partition coefficient (Wildman–Crippen LogP) is 4.95. The minimum absolute atomic E-state index is 0.0462. The van der Waals surface area contributed by atoms with Gasteiger partial charge in [0.05, 0.1) is 17.7 Å². The lowest BCUT2D eigenvalue weighted by Gasteiger charge is -2.40. The molecule has 1 aliphatic carbocycles. The van der Waals surface area contributed by atoms with Gasteiger partial charge in [-0.05, 0) is 67.3 Å². The molecule has 2 atom stereocenters. The van der Waals surface area contributed by atoms with Gasteiger partial charge in [-0.3, -0.25) is 14.5 Å². The average Bonchev–Trinajstić information content (AvgIpc) is 3.66. The second-order valence-corrected chi connectivity index (χ2v) is 9.87. The van der Waals surface area contributed by atoms with E-state index in [2.05, 4.69) is 0 Å². The first-order chi connectivity index (χ1) is 17.7. The maximum atomic E-state index is 13.8. The number of nitrogens with two attached hydrogens (primary N) is 1. The van der Waals surface area contributed by atoms with Gasteiger partial charge in [0.25, 0.3) is 0 Å². The topological polar surface area (TPSA) is 66.6 Å². The molecule has 0 bridgehead atoms. The largest absolute Gasteiger partial charge is 0.416 e. The molecule has 12 heteroatoms. The first kappa shape index (κ1) is 27.9. The van der Waals surface area contributed by atoms with Crippen molar-refractivity contribution in [3.63, 3.8) is 0 Å². The van der Waals surface area contributed by atoms with Crippen LogP contribution in [0.25, 0.3) is 0 Å². The van der Waals surface area contributed by atoms with Crippen LogP contribution in [0.5, 0.6) is 0 Å². The number of hydrogen-bond acceptors (Lipinski definition) is 3. The standard InChI is InChI=1S/C26H26F7N3O2/c27-19-3-1-16(2-4-19)22-13-35(14-23(34)37)8-7-21(22)24(38)36(20-5-6-20)12-15-9-17(25(28,29)30)11-18(10-15)26(31,32)33/h1-4,9-11,20-22H,5-8,12-14H2,(H2,34,37)/t21-,22-/m0/s1. The van der Waals surface area contributed by atoms with Gasteiger partial charge in [-0.2, -0.15) is 26.3 Å². The van der Waals surface area contributed by atoms with Gasteiger partial charge in [0, 0.05) is 31.0 Å². The number of primary amides is 1. The Morgan fingerprint density at radius 2 is 1.50 bits per heavy atom. The lowest BCUT2D eigenvalue weighted by atomic mass is 9.79. The molecule has 1 heterocycles. The molecule has 0 spiro atoms. The van der Waals surface area contributed by atoms with E-state index in [0.717, 1.165) is 0 Å². The fourth-order valence-electron chi connectivity index (χ4n) is 5.02. The number of benzene rings is 2. The molecule has 1 aliphatic heterocycles. The van der Waals surface area contributed by atoms with Crippen LogP contribution in [0.4, 0.5) is 30.7 Å². The van der Waals surface area contributed by atoms with Crippen molar-refractivity contribution in [3.05, 3.63) is 70.5 Å². The van der Waals surface area contributed by atoms with E-state index in [1.165, 1.54) is 29.2 Å². The Labute approximate surface area is 214 Å². The number of carbonyl (C=O) groups excluding carboxylic acids is 2. The molecule has 38 heavy (non-hydrogen) atoms. The van der Waals surface area contributed by atoms with E-state index in [-0.39, 0.29) is 37.2 Å². The zero-order chi connectivity index (χ0) is 27.8. The van der Waals surface area contributed by atoms with E-state index >= 15 is 0 Å². The highest BCUT2D eigenvalue weighted by molar-refractivity contribution is 5.81. The molecule has 2 N–H and O–H groups in total. The Morgan fingerprint density at radius 1 is 0.921 bits per heavy atom. The summed E-state index contributed by atoms with van der Waals surface area (Å²) >= 11 is 0. The van der Waals surface area contributed by atoms with Gasteiger partial charge in [0.15, 0.2) is 0 Å². The summed E-state index contributed by atoms with van der Waals surface area (Å²) in [6.07, 6.45) is -8.54. The number of alkyl halides is 6. The van der Waals surface area contributed by atoms with Crippen molar-refractivity contribution in [3.8, 4) is 0 Å². The van der Waals surface area contributed by atoms with Crippen LogP contribution in [-0.4, -0.2) is 47.3 Å². The van der Waals surface area contributed by atoms with E-state index in [4.69, 9.17) is 5.73 Å². The Kier molecular flexibility index (Phi) is 7.74. The summed E-state index contributed by atoms with van der Waals surface area (Å²) in [5.74, 6) is -2.59. The van der Waals surface area contributed by atoms with Crippen LogP contribution in [0.1, 0.15) is 47.4 Å². The number of likely N-dealkylation sites (tertiary alicyclic amines) is 1. The lowest BCUT2D eigenvalue weighted by molar-refractivity contribution is -0.143. The van der Waals surface area contributed by atoms with Gasteiger partial charge >= 0.3 is 12.4 Å². The Bertz CT molecular complexity index is 1140. The number of halogens is 7. The van der Waals surface area contributed by atoms with Crippen LogP contribution in [0.15, 0.2) is 42.5 Å². The summed E-state index contributed by atoms with van der Waals surface area (Å²) in [6, 6.07) is 6.58. The van der Waals surface area contributed by atoms with E-state index in [1.807, 2.05) is 0 Å². The summed E-state index contributed by atoms with van der Waals surface area (Å²) in [7, 11) is 0. The molecule has 2 fully saturated rings. The molecule has 206 valence electrons. The molecule has 5 nitrogen and oxygen atoms in total. The third kappa shape index (κ3) is 6.64. The number of nitrogens with zero attached hydrogens (tertiary/aromatic N) is 2. The molecule has 1 saturated heterocycles. The summed E-state index contributed by atoms with van der Waals surface area (Å²) in [4.78, 5) is 28.4. The van der Waals surface area contributed by atoms with E-state index in [0.29, 0.717) is 37.1 Å². The fraction of sp³-hybridized carbons (Fsp3) is 0.462. The fourth-order valence-corrected chi connectivity index (χ4v) is 5.02. The second-order valence-electron chi connectivity index (χ2n) is 9.87. The van der Waals surface area contributed by atoms with Crippen LogP contribution < -0.4 is 5.73 Å². The summed E-state index contributed by atoms with van der Waals surface area (Å²) in [5.41, 5.74) is 2.82.